The van der Waals surface area contributed by atoms with Gasteiger partial charge in [-0.05, 0) is 18.7 Å². The first-order chi connectivity index (χ1) is 6.11. The maximum Gasteiger partial charge on any atom is 0.369 e. The fraction of sp³-hybridized carbons (Fsp3) is 0.714. The van der Waals surface area contributed by atoms with Gasteiger partial charge in [-0.3, -0.25) is 0 Å². The molecule has 0 fully saturated rings. The van der Waals surface area contributed by atoms with Crippen LogP contribution in [0.4, 0.5) is 4.79 Å². The van der Waals surface area contributed by atoms with Crippen LogP contribution < -0.4 is 0 Å². The second-order valence-corrected chi connectivity index (χ2v) is 3.46. The fourth-order valence-electron chi connectivity index (χ4n) is 0.492. The van der Waals surface area contributed by atoms with Gasteiger partial charge in [0.05, 0.1) is 6.61 Å². The van der Waals surface area contributed by atoms with Crippen LogP contribution in [0.25, 0.3) is 0 Å². The van der Waals surface area contributed by atoms with E-state index in [4.69, 9.17) is 11.6 Å². The second-order valence-electron chi connectivity index (χ2n) is 1.87. The quantitative estimate of drug-likeness (QED) is 0.542. The highest BCUT2D eigenvalue weighted by Crippen LogP contribution is 2.10. The van der Waals surface area contributed by atoms with E-state index in [1.165, 1.54) is 0 Å². The minimum absolute atomic E-state index is 0.209. The summed E-state index contributed by atoms with van der Waals surface area (Å²) in [6, 6.07) is 0. The van der Waals surface area contributed by atoms with E-state index in [2.05, 4.69) is 9.47 Å². The first kappa shape index (κ1) is 12.6. The molecule has 1 atom stereocenters. The smallest absolute Gasteiger partial charge is 0.369 e. The Kier molecular flexibility index (Phi) is 6.80. The molecule has 0 spiro atoms. The molecule has 0 aliphatic heterocycles. The minimum atomic E-state index is -1.34. The van der Waals surface area contributed by atoms with Crippen LogP contribution in [0.1, 0.15) is 13.8 Å². The van der Waals surface area contributed by atoms with Gasteiger partial charge in [0, 0.05) is 5.75 Å². The third kappa shape index (κ3) is 5.76. The number of ether oxygens (including phenoxy) is 2. The van der Waals surface area contributed by atoms with Crippen molar-refractivity contribution >= 4 is 34.6 Å². The summed E-state index contributed by atoms with van der Waals surface area (Å²) in [5.41, 5.74) is -1.34. The maximum absolute atomic E-state index is 10.8. The molecular weight excluding hydrogens is 216 g/mol. The molecule has 6 heteroatoms. The molecule has 13 heavy (non-hydrogen) atoms. The van der Waals surface area contributed by atoms with Crippen LogP contribution in [0.15, 0.2) is 0 Å². The largest absolute Gasteiger partial charge is 0.462 e. The van der Waals surface area contributed by atoms with E-state index in [1.54, 1.807) is 13.8 Å². The zero-order valence-corrected chi connectivity index (χ0v) is 8.98. The van der Waals surface area contributed by atoms with E-state index in [-0.39, 0.29) is 6.61 Å². The highest BCUT2D eigenvalue weighted by Gasteiger charge is 2.20. The average molecular weight is 227 g/mol. The van der Waals surface area contributed by atoms with Crippen molar-refractivity contribution in [3.05, 3.63) is 0 Å². The van der Waals surface area contributed by atoms with E-state index in [0.29, 0.717) is 5.75 Å². The van der Waals surface area contributed by atoms with Gasteiger partial charge in [-0.1, -0.05) is 18.5 Å². The number of thioether (sulfide) groups is 1. The van der Waals surface area contributed by atoms with E-state index < -0.39 is 16.8 Å². The van der Waals surface area contributed by atoms with Gasteiger partial charge in [-0.15, -0.1) is 0 Å². The molecule has 0 aliphatic carbocycles. The molecule has 0 aliphatic rings. The monoisotopic (exact) mass is 226 g/mol. The zero-order valence-electron chi connectivity index (χ0n) is 7.41. The number of hydrogen-bond donors (Lipinski definition) is 0. The normalized spacial score (nSPS) is 11.9. The van der Waals surface area contributed by atoms with Crippen LogP contribution in [-0.4, -0.2) is 29.2 Å². The van der Waals surface area contributed by atoms with Gasteiger partial charge < -0.3 is 9.47 Å². The molecule has 0 heterocycles. The molecule has 0 N–H and O–H groups in total. The Labute approximate surface area is 85.9 Å². The molecular formula is C7H11ClO4S. The molecule has 0 bridgehead atoms. The Morgan fingerprint density at radius 1 is 1.46 bits per heavy atom. The van der Waals surface area contributed by atoms with E-state index >= 15 is 0 Å². The molecule has 0 aromatic carbocycles. The van der Waals surface area contributed by atoms with Crippen molar-refractivity contribution in [2.75, 3.05) is 12.4 Å². The first-order valence-corrected chi connectivity index (χ1v) is 5.18. The Hall–Kier alpha value is -0.420. The number of halogens is 1. The lowest BCUT2D eigenvalue weighted by atomic mass is 10.7. The minimum Gasteiger partial charge on any atom is -0.462 e. The molecule has 0 rings (SSSR count). The molecule has 1 unspecified atom stereocenters. The third-order valence-corrected chi connectivity index (χ3v) is 1.82. The summed E-state index contributed by atoms with van der Waals surface area (Å²) in [5, 5.41) is -0.574. The zero-order chi connectivity index (χ0) is 10.3. The van der Waals surface area contributed by atoms with Crippen LogP contribution >= 0.6 is 23.4 Å². The van der Waals surface area contributed by atoms with Crippen molar-refractivity contribution in [1.29, 1.82) is 0 Å². The van der Waals surface area contributed by atoms with Crippen molar-refractivity contribution in [3.8, 4) is 0 Å². The average Bonchev–Trinajstić information content (AvgIpc) is 2.05. The second kappa shape index (κ2) is 7.03. The highest BCUT2D eigenvalue weighted by atomic mass is 35.5. The molecule has 0 radical (unpaired) electrons. The van der Waals surface area contributed by atoms with Crippen LogP contribution in [0, 0.1) is 0 Å². The van der Waals surface area contributed by atoms with Gasteiger partial charge >= 0.3 is 11.3 Å². The first-order valence-electron chi connectivity index (χ1n) is 3.75. The van der Waals surface area contributed by atoms with Gasteiger partial charge in [0.25, 0.3) is 5.56 Å². The van der Waals surface area contributed by atoms with E-state index in [9.17, 15) is 9.59 Å². The number of carbonyl (C=O) groups excluding carboxylic acids is 2. The molecule has 0 aromatic rings. The topological polar surface area (TPSA) is 52.6 Å². The Morgan fingerprint density at radius 3 is 2.54 bits per heavy atom. The lowest BCUT2D eigenvalue weighted by Crippen LogP contribution is -2.22. The number of carbonyl (C=O) groups is 2. The summed E-state index contributed by atoms with van der Waals surface area (Å²) < 4.78 is 9.05. The van der Waals surface area contributed by atoms with Gasteiger partial charge in [-0.2, -0.15) is 0 Å². The van der Waals surface area contributed by atoms with E-state index in [0.717, 1.165) is 11.8 Å². The van der Waals surface area contributed by atoms with Crippen molar-refractivity contribution in [2.45, 2.75) is 19.4 Å². The SMILES string of the molecule is CCOC(=O)C(Cl)OC(=O)SCC. The van der Waals surface area contributed by atoms with Gasteiger partial charge in [0.15, 0.2) is 0 Å². The van der Waals surface area contributed by atoms with Crippen molar-refractivity contribution in [2.24, 2.45) is 0 Å². The standard InChI is InChI=1S/C7H11ClO4S/c1-3-11-6(9)5(8)12-7(10)13-4-2/h5H,3-4H2,1-2H3. The Bertz CT molecular complexity index is 185. The number of esters is 1. The van der Waals surface area contributed by atoms with Crippen molar-refractivity contribution in [1.82, 2.24) is 0 Å². The molecule has 0 aromatic heterocycles. The Balaban J connectivity index is 3.78. The summed E-state index contributed by atoms with van der Waals surface area (Å²) in [7, 11) is 0. The summed E-state index contributed by atoms with van der Waals surface area (Å²) in [6.45, 7) is 3.64. The summed E-state index contributed by atoms with van der Waals surface area (Å²) in [5.74, 6) is -0.167. The molecule has 4 nitrogen and oxygen atoms in total. The molecule has 0 saturated carbocycles. The van der Waals surface area contributed by atoms with Crippen molar-refractivity contribution < 1.29 is 19.1 Å². The maximum atomic E-state index is 10.8. The molecule has 0 amide bonds. The van der Waals surface area contributed by atoms with Gasteiger partial charge in [0.1, 0.15) is 0 Å². The van der Waals surface area contributed by atoms with Crippen LogP contribution in [-0.2, 0) is 14.3 Å². The fourth-order valence-corrected chi connectivity index (χ4v) is 1.09. The van der Waals surface area contributed by atoms with E-state index in [1.807, 2.05) is 0 Å². The lowest BCUT2D eigenvalue weighted by molar-refractivity contribution is -0.148. The molecule has 0 saturated heterocycles. The predicted molar refractivity (Wildman–Crippen MR) is 50.9 cm³/mol. The number of hydrogen-bond acceptors (Lipinski definition) is 5. The van der Waals surface area contributed by atoms with Crippen LogP contribution in [0.3, 0.4) is 0 Å². The third-order valence-electron chi connectivity index (χ3n) is 0.934. The van der Waals surface area contributed by atoms with Gasteiger partial charge in [-0.25, -0.2) is 9.59 Å². The van der Waals surface area contributed by atoms with Crippen molar-refractivity contribution in [3.63, 3.8) is 0 Å². The summed E-state index contributed by atoms with van der Waals surface area (Å²) in [6.07, 6.45) is 0. The molecule has 76 valence electrons. The van der Waals surface area contributed by atoms with Crippen LogP contribution in [0.5, 0.6) is 0 Å². The number of rotatable bonds is 4. The summed E-state index contributed by atoms with van der Waals surface area (Å²) in [4.78, 5) is 21.7. The Morgan fingerprint density at radius 2 is 2.08 bits per heavy atom. The van der Waals surface area contributed by atoms with Crippen LogP contribution in [0.2, 0.25) is 0 Å². The lowest BCUT2D eigenvalue weighted by Gasteiger charge is -2.08. The highest BCUT2D eigenvalue weighted by molar-refractivity contribution is 8.13. The number of alkyl halides is 1. The van der Waals surface area contributed by atoms with Gasteiger partial charge in [0.2, 0.25) is 0 Å². The summed E-state index contributed by atoms with van der Waals surface area (Å²) >= 11 is 6.35. The predicted octanol–water partition coefficient (Wildman–Crippen LogP) is 2.00.